The standard InChI is InChI=1S/C18H20O3/c1-12(2)14-5-4-6-17(10-14)21-11-16-8-7-15(18(19)20)9-13(16)3/h4-10,12H,11H2,1-3H3,(H,19,20). The second-order valence-corrected chi connectivity index (χ2v) is 5.46. The summed E-state index contributed by atoms with van der Waals surface area (Å²) in [6.45, 7) is 6.63. The fraction of sp³-hybridized carbons (Fsp3) is 0.278. The van der Waals surface area contributed by atoms with Gasteiger partial charge in [-0.05, 0) is 53.8 Å². The molecule has 3 nitrogen and oxygen atoms in total. The molecule has 0 amide bonds. The molecule has 2 aromatic rings. The number of benzene rings is 2. The number of carboxylic acid groups (broad SMARTS) is 1. The summed E-state index contributed by atoms with van der Waals surface area (Å²) in [6, 6.07) is 13.2. The van der Waals surface area contributed by atoms with Gasteiger partial charge < -0.3 is 9.84 Å². The number of hydrogen-bond acceptors (Lipinski definition) is 2. The molecule has 2 aromatic carbocycles. The predicted octanol–water partition coefficient (Wildman–Crippen LogP) is 4.40. The number of carboxylic acids is 1. The average Bonchev–Trinajstić information content (AvgIpc) is 2.46. The summed E-state index contributed by atoms with van der Waals surface area (Å²) in [5.74, 6) is 0.392. The van der Waals surface area contributed by atoms with E-state index in [0.29, 0.717) is 18.1 Å². The molecular weight excluding hydrogens is 264 g/mol. The Morgan fingerprint density at radius 3 is 2.57 bits per heavy atom. The molecular formula is C18H20O3. The minimum Gasteiger partial charge on any atom is -0.489 e. The highest BCUT2D eigenvalue weighted by atomic mass is 16.5. The minimum atomic E-state index is -0.907. The van der Waals surface area contributed by atoms with E-state index < -0.39 is 5.97 Å². The van der Waals surface area contributed by atoms with Gasteiger partial charge in [-0.25, -0.2) is 4.79 Å². The van der Waals surface area contributed by atoms with Gasteiger partial charge in [0, 0.05) is 0 Å². The average molecular weight is 284 g/mol. The summed E-state index contributed by atoms with van der Waals surface area (Å²) in [4.78, 5) is 10.9. The molecule has 0 aromatic heterocycles. The van der Waals surface area contributed by atoms with Crippen molar-refractivity contribution in [2.45, 2.75) is 33.3 Å². The molecule has 0 fully saturated rings. The van der Waals surface area contributed by atoms with Crippen LogP contribution in [-0.2, 0) is 6.61 Å². The van der Waals surface area contributed by atoms with E-state index in [1.807, 2.05) is 31.2 Å². The second kappa shape index (κ2) is 6.44. The van der Waals surface area contributed by atoms with Crippen LogP contribution in [0.2, 0.25) is 0 Å². The van der Waals surface area contributed by atoms with Gasteiger partial charge in [0.25, 0.3) is 0 Å². The number of rotatable bonds is 5. The zero-order chi connectivity index (χ0) is 15.4. The van der Waals surface area contributed by atoms with Gasteiger partial charge in [-0.1, -0.05) is 32.0 Å². The number of ether oxygens (including phenoxy) is 1. The molecule has 0 unspecified atom stereocenters. The van der Waals surface area contributed by atoms with Crippen LogP contribution in [0.4, 0.5) is 0 Å². The van der Waals surface area contributed by atoms with E-state index >= 15 is 0 Å². The van der Waals surface area contributed by atoms with Crippen molar-refractivity contribution in [1.29, 1.82) is 0 Å². The maximum Gasteiger partial charge on any atom is 0.335 e. The molecule has 0 spiro atoms. The summed E-state index contributed by atoms with van der Waals surface area (Å²) >= 11 is 0. The van der Waals surface area contributed by atoms with E-state index in [-0.39, 0.29) is 0 Å². The van der Waals surface area contributed by atoms with Gasteiger partial charge in [-0.3, -0.25) is 0 Å². The first-order chi connectivity index (χ1) is 9.97. The zero-order valence-electron chi connectivity index (χ0n) is 12.6. The summed E-state index contributed by atoms with van der Waals surface area (Å²) in [5.41, 5.74) is 3.47. The van der Waals surface area contributed by atoms with Gasteiger partial charge >= 0.3 is 5.97 Å². The molecule has 110 valence electrons. The molecule has 3 heteroatoms. The summed E-state index contributed by atoms with van der Waals surface area (Å²) in [7, 11) is 0. The van der Waals surface area contributed by atoms with E-state index in [4.69, 9.17) is 9.84 Å². The van der Waals surface area contributed by atoms with Crippen LogP contribution in [0.25, 0.3) is 0 Å². The monoisotopic (exact) mass is 284 g/mol. The number of aryl methyl sites for hydroxylation is 1. The Hall–Kier alpha value is -2.29. The smallest absolute Gasteiger partial charge is 0.335 e. The molecule has 0 atom stereocenters. The first-order valence-corrected chi connectivity index (χ1v) is 7.03. The SMILES string of the molecule is Cc1cc(C(=O)O)ccc1COc1cccc(C(C)C)c1. The number of carbonyl (C=O) groups is 1. The molecule has 0 saturated carbocycles. The van der Waals surface area contributed by atoms with Gasteiger partial charge in [0.15, 0.2) is 0 Å². The molecule has 0 aliphatic heterocycles. The highest BCUT2D eigenvalue weighted by Gasteiger charge is 2.07. The lowest BCUT2D eigenvalue weighted by Crippen LogP contribution is -2.02. The van der Waals surface area contributed by atoms with Crippen LogP contribution in [0.3, 0.4) is 0 Å². The van der Waals surface area contributed by atoms with Crippen LogP contribution in [0.15, 0.2) is 42.5 Å². The van der Waals surface area contributed by atoms with E-state index in [9.17, 15) is 4.79 Å². The van der Waals surface area contributed by atoms with Crippen molar-refractivity contribution in [3.05, 3.63) is 64.7 Å². The fourth-order valence-corrected chi connectivity index (χ4v) is 2.12. The third-order valence-electron chi connectivity index (χ3n) is 3.51. The zero-order valence-corrected chi connectivity index (χ0v) is 12.6. The lowest BCUT2D eigenvalue weighted by Gasteiger charge is -2.11. The summed E-state index contributed by atoms with van der Waals surface area (Å²) in [5, 5.41) is 8.96. The Balaban J connectivity index is 2.09. The van der Waals surface area contributed by atoms with E-state index in [2.05, 4.69) is 19.9 Å². The highest BCUT2D eigenvalue weighted by Crippen LogP contribution is 2.21. The summed E-state index contributed by atoms with van der Waals surface area (Å²) in [6.07, 6.45) is 0. The maximum atomic E-state index is 10.9. The summed E-state index contributed by atoms with van der Waals surface area (Å²) < 4.78 is 5.82. The molecule has 21 heavy (non-hydrogen) atoms. The predicted molar refractivity (Wildman–Crippen MR) is 83.0 cm³/mol. The normalized spacial score (nSPS) is 10.7. The Bertz CT molecular complexity index is 645. The molecule has 0 aliphatic rings. The molecule has 0 bridgehead atoms. The molecule has 2 rings (SSSR count). The second-order valence-electron chi connectivity index (χ2n) is 5.46. The van der Waals surface area contributed by atoms with Crippen molar-refractivity contribution >= 4 is 5.97 Å². The molecule has 0 heterocycles. The third kappa shape index (κ3) is 3.85. The topological polar surface area (TPSA) is 46.5 Å². The fourth-order valence-electron chi connectivity index (χ4n) is 2.12. The van der Waals surface area contributed by atoms with Crippen molar-refractivity contribution < 1.29 is 14.6 Å². The minimum absolute atomic E-state index is 0.304. The molecule has 1 N–H and O–H groups in total. The van der Waals surface area contributed by atoms with Crippen LogP contribution < -0.4 is 4.74 Å². The molecule has 0 radical (unpaired) electrons. The van der Waals surface area contributed by atoms with Crippen LogP contribution in [-0.4, -0.2) is 11.1 Å². The Morgan fingerprint density at radius 2 is 1.95 bits per heavy atom. The van der Waals surface area contributed by atoms with E-state index in [1.165, 1.54) is 5.56 Å². The Morgan fingerprint density at radius 1 is 1.19 bits per heavy atom. The first kappa shape index (κ1) is 15.1. The Labute approximate surface area is 125 Å². The lowest BCUT2D eigenvalue weighted by atomic mass is 10.0. The largest absolute Gasteiger partial charge is 0.489 e. The maximum absolute atomic E-state index is 10.9. The van der Waals surface area contributed by atoms with Gasteiger partial charge in [0.2, 0.25) is 0 Å². The third-order valence-corrected chi connectivity index (χ3v) is 3.51. The Kier molecular flexibility index (Phi) is 4.63. The number of aromatic carboxylic acids is 1. The van der Waals surface area contributed by atoms with Crippen LogP contribution >= 0.6 is 0 Å². The first-order valence-electron chi connectivity index (χ1n) is 7.03. The highest BCUT2D eigenvalue weighted by molar-refractivity contribution is 5.87. The quantitative estimate of drug-likeness (QED) is 0.885. The van der Waals surface area contributed by atoms with Crippen molar-refractivity contribution in [2.24, 2.45) is 0 Å². The van der Waals surface area contributed by atoms with Gasteiger partial charge in [0.05, 0.1) is 5.56 Å². The molecule has 0 aliphatic carbocycles. The molecule has 0 saturated heterocycles. The van der Waals surface area contributed by atoms with E-state index in [0.717, 1.165) is 16.9 Å². The van der Waals surface area contributed by atoms with Crippen molar-refractivity contribution in [2.75, 3.05) is 0 Å². The van der Waals surface area contributed by atoms with Crippen LogP contribution in [0.1, 0.15) is 46.8 Å². The lowest BCUT2D eigenvalue weighted by molar-refractivity contribution is 0.0696. The van der Waals surface area contributed by atoms with Crippen molar-refractivity contribution in [3.63, 3.8) is 0 Å². The number of hydrogen-bond donors (Lipinski definition) is 1. The van der Waals surface area contributed by atoms with Crippen LogP contribution in [0, 0.1) is 6.92 Å². The van der Waals surface area contributed by atoms with Crippen molar-refractivity contribution in [1.82, 2.24) is 0 Å². The van der Waals surface area contributed by atoms with Gasteiger partial charge in [0.1, 0.15) is 12.4 Å². The van der Waals surface area contributed by atoms with Gasteiger partial charge in [-0.2, -0.15) is 0 Å². The van der Waals surface area contributed by atoms with Crippen molar-refractivity contribution in [3.8, 4) is 5.75 Å². The van der Waals surface area contributed by atoms with E-state index in [1.54, 1.807) is 12.1 Å². The van der Waals surface area contributed by atoms with Gasteiger partial charge in [-0.15, -0.1) is 0 Å². The van der Waals surface area contributed by atoms with Crippen LogP contribution in [0.5, 0.6) is 5.75 Å².